The summed E-state index contributed by atoms with van der Waals surface area (Å²) < 4.78 is 0. The highest BCUT2D eigenvalue weighted by atomic mass is 35.5. The second kappa shape index (κ2) is 5.03. The lowest BCUT2D eigenvalue weighted by molar-refractivity contribution is 0.0960. The molecule has 100 valence electrons. The third kappa shape index (κ3) is 2.62. The summed E-state index contributed by atoms with van der Waals surface area (Å²) in [5.41, 5.74) is 5.76. The first-order valence-corrected chi connectivity index (χ1v) is 6.07. The average Bonchev–Trinajstić information content (AvgIpc) is 2.29. The summed E-state index contributed by atoms with van der Waals surface area (Å²) in [7, 11) is 3.58. The molecule has 19 heavy (non-hydrogen) atoms. The summed E-state index contributed by atoms with van der Waals surface area (Å²) in [5, 5.41) is 1.33. The van der Waals surface area contributed by atoms with Crippen LogP contribution in [0.5, 0.6) is 0 Å². The molecule has 1 aromatic carbocycles. The van der Waals surface area contributed by atoms with E-state index in [1.165, 1.54) is 6.07 Å². The molecule has 6 heteroatoms. The minimum Gasteiger partial charge on any atom is -0.385 e. The number of hydrogen-bond acceptors (Lipinski definition) is 4. The van der Waals surface area contributed by atoms with Gasteiger partial charge in [-0.1, -0.05) is 17.7 Å². The van der Waals surface area contributed by atoms with Gasteiger partial charge < -0.3 is 15.6 Å². The fourth-order valence-corrected chi connectivity index (χ4v) is 2.16. The van der Waals surface area contributed by atoms with Gasteiger partial charge in [0, 0.05) is 15.8 Å². The highest BCUT2D eigenvalue weighted by Crippen LogP contribution is 2.23. The smallest absolute Gasteiger partial charge is 0.257 e. The molecule has 1 heterocycles. The predicted octanol–water partition coefficient (Wildman–Crippen LogP) is 1.51. The molecule has 0 aliphatic rings. The van der Waals surface area contributed by atoms with Gasteiger partial charge in [-0.25, -0.2) is 0 Å². The number of nitrogens with zero attached hydrogens (tertiary/aromatic N) is 1. The zero-order valence-electron chi connectivity index (χ0n) is 10.7. The number of hydrogen-bond donors (Lipinski definition) is 2. The number of halogens is 1. The van der Waals surface area contributed by atoms with E-state index in [1.54, 1.807) is 31.1 Å². The number of nitrogen functional groups attached to an aromatic ring is 1. The number of anilines is 1. The highest BCUT2D eigenvalue weighted by molar-refractivity contribution is 6.31. The van der Waals surface area contributed by atoms with E-state index in [0.717, 1.165) is 0 Å². The number of aromatic nitrogens is 1. The molecule has 5 nitrogen and oxygen atoms in total. The van der Waals surface area contributed by atoms with Crippen molar-refractivity contribution in [3.8, 4) is 0 Å². The first-order valence-electron chi connectivity index (χ1n) is 5.69. The lowest BCUT2D eigenvalue weighted by Crippen LogP contribution is -2.24. The van der Waals surface area contributed by atoms with E-state index in [9.17, 15) is 9.59 Å². The van der Waals surface area contributed by atoms with Crippen molar-refractivity contribution >= 4 is 34.0 Å². The Labute approximate surface area is 115 Å². The number of rotatable bonds is 3. The second-order valence-corrected chi connectivity index (χ2v) is 5.03. The fraction of sp³-hybridized carbons (Fsp3) is 0.231. The van der Waals surface area contributed by atoms with E-state index in [4.69, 9.17) is 17.3 Å². The third-order valence-corrected chi connectivity index (χ3v) is 2.99. The van der Waals surface area contributed by atoms with Gasteiger partial charge in [0.05, 0.1) is 12.1 Å². The van der Waals surface area contributed by atoms with Gasteiger partial charge in [-0.3, -0.25) is 9.59 Å². The van der Waals surface area contributed by atoms with Crippen LogP contribution in [0.4, 0.5) is 5.82 Å². The van der Waals surface area contributed by atoms with Gasteiger partial charge in [-0.15, -0.1) is 0 Å². The molecule has 0 bridgehead atoms. The number of carbonyl (C=O) groups is 1. The molecule has 0 amide bonds. The van der Waals surface area contributed by atoms with E-state index in [1.807, 2.05) is 0 Å². The molecule has 3 N–H and O–H groups in total. The number of carbonyl (C=O) groups excluding carboxylic acids is 1. The maximum Gasteiger partial charge on any atom is 0.257 e. The number of H-pyrrole nitrogens is 1. The summed E-state index contributed by atoms with van der Waals surface area (Å²) in [4.78, 5) is 28.3. The molecule has 0 unspecified atom stereocenters. The Balaban J connectivity index is 2.73. The van der Waals surface area contributed by atoms with E-state index >= 15 is 0 Å². The number of aromatic amines is 1. The maximum atomic E-state index is 12.2. The van der Waals surface area contributed by atoms with E-state index < -0.39 is 0 Å². The highest BCUT2D eigenvalue weighted by Gasteiger charge is 2.17. The zero-order valence-corrected chi connectivity index (χ0v) is 11.4. The minimum atomic E-state index is -0.351. The molecule has 0 saturated carbocycles. The predicted molar refractivity (Wildman–Crippen MR) is 76.9 cm³/mol. The summed E-state index contributed by atoms with van der Waals surface area (Å²) >= 11 is 5.87. The Kier molecular flexibility index (Phi) is 3.59. The Morgan fingerprint density at radius 2 is 2.05 bits per heavy atom. The van der Waals surface area contributed by atoms with Crippen molar-refractivity contribution in [1.82, 2.24) is 9.88 Å². The van der Waals surface area contributed by atoms with Crippen molar-refractivity contribution in [3.05, 3.63) is 39.1 Å². The molecule has 0 saturated heterocycles. The monoisotopic (exact) mass is 279 g/mol. The van der Waals surface area contributed by atoms with Crippen molar-refractivity contribution in [3.63, 3.8) is 0 Å². The molecule has 1 aromatic heterocycles. The van der Waals surface area contributed by atoms with Crippen LogP contribution >= 0.6 is 11.6 Å². The largest absolute Gasteiger partial charge is 0.385 e. The standard InChI is InChI=1S/C13H14ClN3O2/c1-17(2)6-10(18)11-8-4-3-7(14)5-9(8)13(19)16-12(11)15/h3-5H,6H2,1-2H3,(H3,15,16,19). The number of pyridine rings is 1. The van der Waals surface area contributed by atoms with Crippen LogP contribution in [0.15, 0.2) is 23.0 Å². The summed E-state index contributed by atoms with van der Waals surface area (Å²) in [6.45, 7) is 0.216. The van der Waals surface area contributed by atoms with Crippen LogP contribution in [0.25, 0.3) is 10.8 Å². The molecule has 0 fully saturated rings. The van der Waals surface area contributed by atoms with Gasteiger partial charge >= 0.3 is 0 Å². The number of fused-ring (bicyclic) bond motifs is 1. The third-order valence-electron chi connectivity index (χ3n) is 2.75. The average molecular weight is 280 g/mol. The van der Waals surface area contributed by atoms with Crippen LogP contribution in [0.3, 0.4) is 0 Å². The Bertz CT molecular complexity index is 707. The van der Waals surface area contributed by atoms with Gasteiger partial charge in [0.2, 0.25) is 0 Å². The van der Waals surface area contributed by atoms with Crippen molar-refractivity contribution < 1.29 is 4.79 Å². The quantitative estimate of drug-likeness (QED) is 0.835. The number of likely N-dealkylation sites (N-methyl/N-ethyl adjacent to an activating group) is 1. The van der Waals surface area contributed by atoms with Gasteiger partial charge in [-0.05, 0) is 26.2 Å². The first kappa shape index (κ1) is 13.6. The minimum absolute atomic E-state index is 0.0895. The molecule has 0 aliphatic carbocycles. The number of ketones is 1. The van der Waals surface area contributed by atoms with Crippen LogP contribution in [0.1, 0.15) is 10.4 Å². The van der Waals surface area contributed by atoms with E-state index in [2.05, 4.69) is 4.98 Å². The van der Waals surface area contributed by atoms with Gasteiger partial charge in [0.1, 0.15) is 5.82 Å². The van der Waals surface area contributed by atoms with Crippen LogP contribution in [0.2, 0.25) is 5.02 Å². The topological polar surface area (TPSA) is 79.2 Å². The summed E-state index contributed by atoms with van der Waals surface area (Å²) in [5.74, 6) is -0.0576. The number of nitrogens with one attached hydrogen (secondary N) is 1. The zero-order chi connectivity index (χ0) is 14.2. The molecule has 0 aliphatic heterocycles. The second-order valence-electron chi connectivity index (χ2n) is 4.59. The normalized spacial score (nSPS) is 11.2. The molecule has 0 atom stereocenters. The first-order chi connectivity index (χ1) is 8.90. The number of benzene rings is 1. The van der Waals surface area contributed by atoms with Crippen molar-refractivity contribution in [2.45, 2.75) is 0 Å². The lowest BCUT2D eigenvalue weighted by atomic mass is 10.0. The van der Waals surface area contributed by atoms with Crippen LogP contribution in [-0.2, 0) is 0 Å². The molecule has 0 spiro atoms. The Morgan fingerprint density at radius 3 is 2.68 bits per heavy atom. The van der Waals surface area contributed by atoms with Crippen LogP contribution in [0, 0.1) is 0 Å². The molecule has 2 aromatic rings. The number of Topliss-reactive ketones (excluding diaryl/α,β-unsaturated/α-hetero) is 1. The fourth-order valence-electron chi connectivity index (χ4n) is 1.99. The Morgan fingerprint density at radius 1 is 1.37 bits per heavy atom. The van der Waals surface area contributed by atoms with Gasteiger partial charge in [-0.2, -0.15) is 0 Å². The van der Waals surface area contributed by atoms with Crippen molar-refractivity contribution in [1.29, 1.82) is 0 Å². The SMILES string of the molecule is CN(C)CC(=O)c1c(N)[nH]c(=O)c2cc(Cl)ccc12. The van der Waals surface area contributed by atoms with Crippen molar-refractivity contribution in [2.75, 3.05) is 26.4 Å². The summed E-state index contributed by atoms with van der Waals surface area (Å²) in [6, 6.07) is 4.81. The van der Waals surface area contributed by atoms with E-state index in [-0.39, 0.29) is 23.7 Å². The van der Waals surface area contributed by atoms with Crippen LogP contribution in [-0.4, -0.2) is 36.3 Å². The molecular weight excluding hydrogens is 266 g/mol. The maximum absolute atomic E-state index is 12.2. The Hall–Kier alpha value is -1.85. The summed E-state index contributed by atoms with van der Waals surface area (Å²) in [6.07, 6.45) is 0. The van der Waals surface area contributed by atoms with Gasteiger partial charge in [0.15, 0.2) is 5.78 Å². The number of nitrogens with two attached hydrogens (primary N) is 1. The lowest BCUT2D eigenvalue weighted by Gasteiger charge is -2.12. The van der Waals surface area contributed by atoms with E-state index in [0.29, 0.717) is 21.4 Å². The van der Waals surface area contributed by atoms with Crippen LogP contribution < -0.4 is 11.3 Å². The molecule has 0 radical (unpaired) electrons. The molecule has 2 rings (SSSR count). The van der Waals surface area contributed by atoms with Crippen molar-refractivity contribution in [2.24, 2.45) is 0 Å². The molecular formula is C13H14ClN3O2. The van der Waals surface area contributed by atoms with Gasteiger partial charge in [0.25, 0.3) is 5.56 Å².